The zero-order chi connectivity index (χ0) is 16.8. The number of amides is 1. The molecule has 5 nitrogen and oxygen atoms in total. The lowest BCUT2D eigenvalue weighted by Gasteiger charge is -2.34. The predicted molar refractivity (Wildman–Crippen MR) is 92.2 cm³/mol. The molecule has 1 aliphatic rings. The minimum absolute atomic E-state index is 0.0549. The van der Waals surface area contributed by atoms with E-state index in [1.807, 2.05) is 13.0 Å². The largest absolute Gasteiger partial charge is 0.478 e. The molecule has 126 valence electrons. The Morgan fingerprint density at radius 3 is 2.83 bits per heavy atom. The van der Waals surface area contributed by atoms with Gasteiger partial charge in [0.15, 0.2) is 0 Å². The van der Waals surface area contributed by atoms with Crippen molar-refractivity contribution in [2.75, 3.05) is 23.3 Å². The van der Waals surface area contributed by atoms with Gasteiger partial charge in [-0.2, -0.15) is 0 Å². The summed E-state index contributed by atoms with van der Waals surface area (Å²) in [5.74, 6) is -0.431. The molecule has 0 saturated carbocycles. The fourth-order valence-corrected chi connectivity index (χ4v) is 3.00. The molecule has 1 atom stereocenters. The van der Waals surface area contributed by atoms with Gasteiger partial charge in [-0.1, -0.05) is 20.3 Å². The zero-order valence-corrected chi connectivity index (χ0v) is 14.0. The summed E-state index contributed by atoms with van der Waals surface area (Å²) in [5.41, 5.74) is 1.73. The van der Waals surface area contributed by atoms with E-state index in [4.69, 9.17) is 0 Å². The molecule has 1 aromatic carbocycles. The van der Waals surface area contributed by atoms with E-state index in [9.17, 15) is 14.7 Å². The number of nitrogens with one attached hydrogen (secondary N) is 1. The molecule has 1 unspecified atom stereocenters. The summed E-state index contributed by atoms with van der Waals surface area (Å²) >= 11 is 0. The number of rotatable bonds is 6. The van der Waals surface area contributed by atoms with E-state index in [1.165, 1.54) is 6.42 Å². The lowest BCUT2D eigenvalue weighted by atomic mass is 9.99. The SMILES string of the molecule is CCCCC(=O)Nc1cc(C(=O)O)ccc1N1CCCC(C)C1. The van der Waals surface area contributed by atoms with Gasteiger partial charge in [0.25, 0.3) is 0 Å². The Hall–Kier alpha value is -2.04. The van der Waals surface area contributed by atoms with Crippen molar-refractivity contribution >= 4 is 23.3 Å². The highest BCUT2D eigenvalue weighted by Gasteiger charge is 2.20. The van der Waals surface area contributed by atoms with Gasteiger partial charge in [0.05, 0.1) is 16.9 Å². The van der Waals surface area contributed by atoms with Crippen molar-refractivity contribution in [1.29, 1.82) is 0 Å². The second-order valence-electron chi connectivity index (χ2n) is 6.38. The first kappa shape index (κ1) is 17.3. The normalized spacial score (nSPS) is 17.8. The molecule has 2 rings (SSSR count). The summed E-state index contributed by atoms with van der Waals surface area (Å²) in [4.78, 5) is 25.5. The number of benzene rings is 1. The summed E-state index contributed by atoms with van der Waals surface area (Å²) in [7, 11) is 0. The Bertz CT molecular complexity index is 571. The van der Waals surface area contributed by atoms with Crippen molar-refractivity contribution in [3.8, 4) is 0 Å². The van der Waals surface area contributed by atoms with Crippen LogP contribution in [0.5, 0.6) is 0 Å². The lowest BCUT2D eigenvalue weighted by Crippen LogP contribution is -2.35. The molecule has 2 N–H and O–H groups in total. The Labute approximate surface area is 137 Å². The number of anilines is 2. The Balaban J connectivity index is 2.25. The van der Waals surface area contributed by atoms with Crippen molar-refractivity contribution in [1.82, 2.24) is 0 Å². The molecule has 1 aromatic rings. The van der Waals surface area contributed by atoms with E-state index in [0.29, 0.717) is 18.0 Å². The third-order valence-electron chi connectivity index (χ3n) is 4.27. The monoisotopic (exact) mass is 318 g/mol. The van der Waals surface area contributed by atoms with E-state index in [1.54, 1.807) is 12.1 Å². The Morgan fingerprint density at radius 2 is 2.17 bits per heavy atom. The van der Waals surface area contributed by atoms with Crippen molar-refractivity contribution in [2.45, 2.75) is 46.0 Å². The highest BCUT2D eigenvalue weighted by Crippen LogP contribution is 2.31. The van der Waals surface area contributed by atoms with Crippen LogP contribution in [0.4, 0.5) is 11.4 Å². The van der Waals surface area contributed by atoms with Crippen LogP contribution in [0.15, 0.2) is 18.2 Å². The van der Waals surface area contributed by atoms with E-state index >= 15 is 0 Å². The maximum absolute atomic E-state index is 12.1. The van der Waals surface area contributed by atoms with Crippen LogP contribution >= 0.6 is 0 Å². The molecule has 23 heavy (non-hydrogen) atoms. The van der Waals surface area contributed by atoms with Gasteiger partial charge in [0.1, 0.15) is 0 Å². The fourth-order valence-electron chi connectivity index (χ4n) is 3.00. The van der Waals surface area contributed by atoms with Gasteiger partial charge in [-0.25, -0.2) is 4.79 Å². The van der Waals surface area contributed by atoms with E-state index < -0.39 is 5.97 Å². The average molecular weight is 318 g/mol. The predicted octanol–water partition coefficient (Wildman–Crippen LogP) is 3.75. The smallest absolute Gasteiger partial charge is 0.335 e. The maximum Gasteiger partial charge on any atom is 0.335 e. The minimum atomic E-state index is -0.979. The van der Waals surface area contributed by atoms with Crippen LogP contribution in [0.25, 0.3) is 0 Å². The van der Waals surface area contributed by atoms with Crippen LogP contribution in [0.3, 0.4) is 0 Å². The van der Waals surface area contributed by atoms with Gasteiger partial charge in [-0.05, 0) is 43.4 Å². The molecule has 0 bridgehead atoms. The van der Waals surface area contributed by atoms with Crippen LogP contribution in [0, 0.1) is 5.92 Å². The molecular formula is C18H26N2O3. The Morgan fingerprint density at radius 1 is 1.39 bits per heavy atom. The number of hydrogen-bond acceptors (Lipinski definition) is 3. The maximum atomic E-state index is 12.1. The number of piperidine rings is 1. The van der Waals surface area contributed by atoms with Gasteiger partial charge in [0.2, 0.25) is 5.91 Å². The molecule has 1 aliphatic heterocycles. The number of aromatic carboxylic acids is 1. The molecule has 1 fully saturated rings. The molecule has 5 heteroatoms. The molecule has 1 heterocycles. The van der Waals surface area contributed by atoms with Crippen LogP contribution in [-0.4, -0.2) is 30.1 Å². The minimum Gasteiger partial charge on any atom is -0.478 e. The third kappa shape index (κ3) is 4.71. The highest BCUT2D eigenvalue weighted by atomic mass is 16.4. The van der Waals surface area contributed by atoms with E-state index in [2.05, 4.69) is 17.1 Å². The van der Waals surface area contributed by atoms with Crippen LogP contribution in [0.2, 0.25) is 0 Å². The fraction of sp³-hybridized carbons (Fsp3) is 0.556. The molecule has 1 saturated heterocycles. The van der Waals surface area contributed by atoms with Crippen molar-refractivity contribution < 1.29 is 14.7 Å². The number of hydrogen-bond donors (Lipinski definition) is 2. The molecule has 0 radical (unpaired) electrons. The number of carbonyl (C=O) groups excluding carboxylic acids is 1. The number of carboxylic acid groups (broad SMARTS) is 1. The molecule has 0 aromatic heterocycles. The zero-order valence-electron chi connectivity index (χ0n) is 14.0. The van der Waals surface area contributed by atoms with Gasteiger partial charge in [-0.15, -0.1) is 0 Å². The summed E-state index contributed by atoms with van der Waals surface area (Å²) in [5, 5.41) is 12.1. The van der Waals surface area contributed by atoms with Crippen molar-refractivity contribution in [2.24, 2.45) is 5.92 Å². The van der Waals surface area contributed by atoms with Crippen molar-refractivity contribution in [3.05, 3.63) is 23.8 Å². The van der Waals surface area contributed by atoms with Gasteiger partial charge in [0, 0.05) is 19.5 Å². The molecule has 0 spiro atoms. The lowest BCUT2D eigenvalue weighted by molar-refractivity contribution is -0.116. The van der Waals surface area contributed by atoms with Crippen LogP contribution < -0.4 is 10.2 Å². The average Bonchev–Trinajstić information content (AvgIpc) is 2.52. The first-order valence-electron chi connectivity index (χ1n) is 8.43. The molecular weight excluding hydrogens is 292 g/mol. The van der Waals surface area contributed by atoms with Crippen molar-refractivity contribution in [3.63, 3.8) is 0 Å². The molecule has 0 aliphatic carbocycles. The van der Waals surface area contributed by atoms with Gasteiger partial charge >= 0.3 is 5.97 Å². The topological polar surface area (TPSA) is 69.6 Å². The van der Waals surface area contributed by atoms with Gasteiger partial charge < -0.3 is 15.3 Å². The van der Waals surface area contributed by atoms with Crippen LogP contribution in [0.1, 0.15) is 56.3 Å². The highest BCUT2D eigenvalue weighted by molar-refractivity contribution is 5.97. The summed E-state index contributed by atoms with van der Waals surface area (Å²) in [6.07, 6.45) is 4.58. The second-order valence-corrected chi connectivity index (χ2v) is 6.38. The third-order valence-corrected chi connectivity index (χ3v) is 4.27. The van der Waals surface area contributed by atoms with Crippen LogP contribution in [-0.2, 0) is 4.79 Å². The van der Waals surface area contributed by atoms with E-state index in [0.717, 1.165) is 38.0 Å². The summed E-state index contributed by atoms with van der Waals surface area (Å²) < 4.78 is 0. The first-order chi connectivity index (χ1) is 11.0. The first-order valence-corrected chi connectivity index (χ1v) is 8.43. The molecule has 1 amide bonds. The number of carboxylic acids is 1. The number of nitrogens with zero attached hydrogens (tertiary/aromatic N) is 1. The number of unbranched alkanes of at least 4 members (excludes halogenated alkanes) is 1. The quantitative estimate of drug-likeness (QED) is 0.838. The standard InChI is InChI=1S/C18H26N2O3/c1-3-4-7-17(21)19-15-11-14(18(22)23)8-9-16(15)20-10-5-6-13(2)12-20/h8-9,11,13H,3-7,10,12H2,1-2H3,(H,19,21)(H,22,23). The summed E-state index contributed by atoms with van der Waals surface area (Å²) in [6, 6.07) is 5.00. The summed E-state index contributed by atoms with van der Waals surface area (Å²) in [6.45, 7) is 6.13. The Kier molecular flexibility index (Phi) is 6.02. The number of carbonyl (C=O) groups is 2. The van der Waals surface area contributed by atoms with Gasteiger partial charge in [-0.3, -0.25) is 4.79 Å². The second kappa shape index (κ2) is 7.99. The van der Waals surface area contributed by atoms with E-state index in [-0.39, 0.29) is 11.5 Å².